The Morgan fingerprint density at radius 2 is 1.94 bits per heavy atom. The molecule has 1 saturated heterocycles. The molecule has 9 heteroatoms. The molecule has 0 aliphatic carbocycles. The van der Waals surface area contributed by atoms with Gasteiger partial charge in [0.15, 0.2) is 0 Å². The van der Waals surface area contributed by atoms with E-state index in [2.05, 4.69) is 4.98 Å². The Hall–Kier alpha value is -3.24. The number of fused-ring (bicyclic) bond motifs is 1. The Morgan fingerprint density at radius 1 is 1.15 bits per heavy atom. The maximum absolute atomic E-state index is 12.2. The Labute approximate surface area is 197 Å². The lowest BCUT2D eigenvalue weighted by Crippen LogP contribution is -2.33. The van der Waals surface area contributed by atoms with E-state index in [1.165, 1.54) is 6.07 Å². The van der Waals surface area contributed by atoms with Gasteiger partial charge in [-0.15, -0.1) is 0 Å². The van der Waals surface area contributed by atoms with Gasteiger partial charge in [0.25, 0.3) is 10.1 Å². The third kappa shape index (κ3) is 4.30. The van der Waals surface area contributed by atoms with Crippen LogP contribution in [0.4, 0.5) is 0 Å². The molecule has 0 amide bonds. The highest BCUT2D eigenvalue weighted by Crippen LogP contribution is 2.39. The molecule has 0 saturated carbocycles. The van der Waals surface area contributed by atoms with E-state index in [0.29, 0.717) is 17.9 Å². The van der Waals surface area contributed by atoms with Gasteiger partial charge in [-0.05, 0) is 46.7 Å². The number of imidazole rings is 1. The van der Waals surface area contributed by atoms with E-state index in [1.807, 2.05) is 59.3 Å². The van der Waals surface area contributed by atoms with Crippen molar-refractivity contribution in [2.75, 3.05) is 13.7 Å². The molecule has 3 aromatic carbocycles. The fourth-order valence-corrected chi connectivity index (χ4v) is 5.20. The van der Waals surface area contributed by atoms with Crippen molar-refractivity contribution in [1.82, 2.24) is 9.55 Å². The number of aromatic nitrogens is 2. The van der Waals surface area contributed by atoms with Crippen LogP contribution in [0.15, 0.2) is 84.3 Å². The van der Waals surface area contributed by atoms with Gasteiger partial charge in [-0.2, -0.15) is 8.42 Å². The van der Waals surface area contributed by atoms with Gasteiger partial charge in [-0.3, -0.25) is 4.55 Å². The average molecular weight is 481 g/mol. The van der Waals surface area contributed by atoms with Crippen LogP contribution in [0.1, 0.15) is 11.1 Å². The SMILES string of the molecule is COc1ccc([C@@]2(Cn3ccnc3)OC[C@H](Cc3c(S(=O)(=O)O)ccc4ccccc34)O2)cc1. The van der Waals surface area contributed by atoms with Crippen molar-refractivity contribution >= 4 is 20.9 Å². The standard InChI is InChI=1S/C25H24N2O6S/c1-31-20-9-7-19(8-10-20)25(16-27-13-12-26-17-27)32-15-21(33-25)14-23-22-5-3-2-4-18(22)6-11-24(23)34(28,29)30/h2-13,17,21H,14-16H2,1H3,(H,28,29,30)/t21-,25-/m0/s1. The summed E-state index contributed by atoms with van der Waals surface area (Å²) in [6.45, 7) is 0.603. The molecular weight excluding hydrogens is 456 g/mol. The van der Waals surface area contributed by atoms with Crippen LogP contribution in [-0.2, 0) is 38.3 Å². The Bertz CT molecular complexity index is 1400. The highest BCUT2D eigenvalue weighted by Gasteiger charge is 2.44. The molecule has 2 atom stereocenters. The Balaban J connectivity index is 1.51. The maximum Gasteiger partial charge on any atom is 0.294 e. The van der Waals surface area contributed by atoms with Crippen LogP contribution in [0.5, 0.6) is 5.75 Å². The number of hydrogen-bond donors (Lipinski definition) is 1. The number of nitrogens with zero attached hydrogens (tertiary/aromatic N) is 2. The largest absolute Gasteiger partial charge is 0.497 e. The van der Waals surface area contributed by atoms with Crippen molar-refractivity contribution in [2.45, 2.75) is 29.8 Å². The number of methoxy groups -OCH3 is 1. The van der Waals surface area contributed by atoms with Gasteiger partial charge in [0.05, 0.1) is 37.6 Å². The fourth-order valence-electron chi connectivity index (χ4n) is 4.45. The summed E-state index contributed by atoms with van der Waals surface area (Å²) in [6, 6.07) is 18.1. The quantitative estimate of drug-likeness (QED) is 0.402. The molecule has 34 heavy (non-hydrogen) atoms. The van der Waals surface area contributed by atoms with Crippen LogP contribution in [0.3, 0.4) is 0 Å². The first kappa shape index (κ1) is 22.5. The van der Waals surface area contributed by atoms with Crippen molar-refractivity contribution in [3.8, 4) is 5.75 Å². The predicted octanol–water partition coefficient (Wildman–Crippen LogP) is 3.80. The predicted molar refractivity (Wildman–Crippen MR) is 125 cm³/mol. The molecule has 5 rings (SSSR count). The first-order valence-electron chi connectivity index (χ1n) is 10.8. The normalized spacial score (nSPS) is 20.6. The van der Waals surface area contributed by atoms with Crippen molar-refractivity contribution in [3.05, 3.63) is 90.5 Å². The highest BCUT2D eigenvalue weighted by atomic mass is 32.2. The van der Waals surface area contributed by atoms with E-state index in [4.69, 9.17) is 14.2 Å². The molecule has 0 bridgehead atoms. The maximum atomic E-state index is 12.2. The Kier molecular flexibility index (Phi) is 5.86. The van der Waals surface area contributed by atoms with Crippen LogP contribution in [-0.4, -0.2) is 42.3 Å². The molecule has 176 valence electrons. The van der Waals surface area contributed by atoms with Crippen molar-refractivity contribution in [1.29, 1.82) is 0 Å². The minimum atomic E-state index is -4.42. The second-order valence-electron chi connectivity index (χ2n) is 8.21. The van der Waals surface area contributed by atoms with Gasteiger partial charge in [-0.1, -0.05) is 30.3 Å². The smallest absolute Gasteiger partial charge is 0.294 e. The van der Waals surface area contributed by atoms with Crippen molar-refractivity contribution in [3.63, 3.8) is 0 Å². The van der Waals surface area contributed by atoms with Crippen molar-refractivity contribution < 1.29 is 27.2 Å². The molecule has 8 nitrogen and oxygen atoms in total. The number of ether oxygens (including phenoxy) is 3. The van der Waals surface area contributed by atoms with Crippen LogP contribution >= 0.6 is 0 Å². The molecule has 2 heterocycles. The molecule has 0 radical (unpaired) electrons. The molecule has 0 spiro atoms. The molecule has 0 unspecified atom stereocenters. The number of hydrogen-bond acceptors (Lipinski definition) is 6. The topological polar surface area (TPSA) is 99.9 Å². The van der Waals surface area contributed by atoms with Gasteiger partial charge in [-0.25, -0.2) is 4.98 Å². The van der Waals surface area contributed by atoms with Crippen LogP contribution in [0, 0.1) is 0 Å². The summed E-state index contributed by atoms with van der Waals surface area (Å²) >= 11 is 0. The molecule has 1 N–H and O–H groups in total. The third-order valence-electron chi connectivity index (χ3n) is 6.05. The van der Waals surface area contributed by atoms with Gasteiger partial charge in [0.1, 0.15) is 5.75 Å². The summed E-state index contributed by atoms with van der Waals surface area (Å²) in [4.78, 5) is 3.99. The molecular formula is C25H24N2O6S. The van der Waals surface area contributed by atoms with E-state index in [1.54, 1.807) is 25.7 Å². The summed E-state index contributed by atoms with van der Waals surface area (Å²) in [5.41, 5.74) is 1.31. The van der Waals surface area contributed by atoms with Crippen LogP contribution in [0.2, 0.25) is 0 Å². The summed E-state index contributed by atoms with van der Waals surface area (Å²) < 4.78 is 54.1. The number of rotatable bonds is 7. The zero-order valence-electron chi connectivity index (χ0n) is 18.5. The molecule has 1 aliphatic heterocycles. The lowest BCUT2D eigenvalue weighted by Gasteiger charge is -2.29. The lowest BCUT2D eigenvalue weighted by molar-refractivity contribution is -0.186. The second kappa shape index (κ2) is 8.84. The summed E-state index contributed by atoms with van der Waals surface area (Å²) in [5, 5.41) is 1.63. The monoisotopic (exact) mass is 480 g/mol. The minimum Gasteiger partial charge on any atom is -0.497 e. The summed E-state index contributed by atoms with van der Waals surface area (Å²) in [6.07, 6.45) is 5.00. The number of benzene rings is 3. The van der Waals surface area contributed by atoms with Crippen LogP contribution in [0.25, 0.3) is 10.8 Å². The van der Waals surface area contributed by atoms with E-state index >= 15 is 0 Å². The van der Waals surface area contributed by atoms with E-state index in [0.717, 1.165) is 16.3 Å². The highest BCUT2D eigenvalue weighted by molar-refractivity contribution is 7.85. The zero-order chi connectivity index (χ0) is 23.8. The lowest BCUT2D eigenvalue weighted by atomic mass is 10.00. The molecule has 4 aromatic rings. The first-order valence-corrected chi connectivity index (χ1v) is 12.2. The fraction of sp³-hybridized carbons (Fsp3) is 0.240. The summed E-state index contributed by atoms with van der Waals surface area (Å²) in [7, 11) is -2.82. The van der Waals surface area contributed by atoms with Gasteiger partial charge >= 0.3 is 0 Å². The van der Waals surface area contributed by atoms with E-state index in [9.17, 15) is 13.0 Å². The van der Waals surface area contributed by atoms with Gasteiger partial charge in [0, 0.05) is 24.4 Å². The van der Waals surface area contributed by atoms with Crippen LogP contribution < -0.4 is 4.74 Å². The van der Waals surface area contributed by atoms with Crippen molar-refractivity contribution in [2.24, 2.45) is 0 Å². The van der Waals surface area contributed by atoms with Gasteiger partial charge in [0.2, 0.25) is 5.79 Å². The second-order valence-corrected chi connectivity index (χ2v) is 9.60. The minimum absolute atomic E-state index is 0.119. The van der Waals surface area contributed by atoms with E-state index in [-0.39, 0.29) is 17.9 Å². The van der Waals surface area contributed by atoms with E-state index < -0.39 is 22.0 Å². The zero-order valence-corrected chi connectivity index (χ0v) is 19.3. The molecule has 1 fully saturated rings. The Morgan fingerprint density at radius 3 is 2.65 bits per heavy atom. The molecule has 1 aliphatic rings. The third-order valence-corrected chi connectivity index (χ3v) is 6.98. The first-order chi connectivity index (χ1) is 16.4. The van der Waals surface area contributed by atoms with Gasteiger partial charge < -0.3 is 18.8 Å². The summed E-state index contributed by atoms with van der Waals surface area (Å²) in [5.74, 6) is -0.384. The average Bonchev–Trinajstić information content (AvgIpc) is 3.49. The molecule has 1 aromatic heterocycles.